The molecule has 0 saturated carbocycles. The Hall–Kier alpha value is -1.55. The Kier molecular flexibility index (Phi) is 8.62. The van der Waals surface area contributed by atoms with E-state index < -0.39 is 0 Å². The maximum Gasteiger partial charge on any atom is 0.194 e. The van der Waals surface area contributed by atoms with Crippen molar-refractivity contribution in [1.29, 1.82) is 0 Å². The van der Waals surface area contributed by atoms with E-state index in [9.17, 15) is 0 Å². The lowest BCUT2D eigenvalue weighted by molar-refractivity contribution is 0.372. The fraction of sp³-hybridized carbons (Fsp3) is 0.474. The number of nitrogens with one attached hydrogen (secondary N) is 1. The van der Waals surface area contributed by atoms with Crippen molar-refractivity contribution >= 4 is 47.0 Å². The third-order valence-corrected chi connectivity index (χ3v) is 5.60. The standard InChI is InChI=1S/C19H27N5OS.HI/c1-4-18-22-15(14-26-18)13-21-19(20-2)24-11-9-23(10-12-24)16-5-7-17(25-3)8-6-16;/h5-8,14H,4,9-13H2,1-3H3,(H,20,21);1H. The summed E-state index contributed by atoms with van der Waals surface area (Å²) in [5.41, 5.74) is 2.33. The molecule has 1 fully saturated rings. The number of aliphatic imine (C=N–C) groups is 1. The molecule has 3 rings (SSSR count). The molecule has 0 atom stereocenters. The number of halogens is 1. The van der Waals surface area contributed by atoms with Crippen LogP contribution in [0.5, 0.6) is 5.75 Å². The van der Waals surface area contributed by atoms with Crippen LogP contribution in [-0.2, 0) is 13.0 Å². The summed E-state index contributed by atoms with van der Waals surface area (Å²) < 4.78 is 5.24. The van der Waals surface area contributed by atoms with Crippen molar-refractivity contribution in [1.82, 2.24) is 15.2 Å². The predicted octanol–water partition coefficient (Wildman–Crippen LogP) is 3.23. The molecular formula is C19H28IN5OS. The number of rotatable bonds is 5. The van der Waals surface area contributed by atoms with Crippen molar-refractivity contribution in [3.05, 3.63) is 40.3 Å². The summed E-state index contributed by atoms with van der Waals surface area (Å²) in [6, 6.07) is 8.27. The lowest BCUT2D eigenvalue weighted by Crippen LogP contribution is -2.52. The Balaban J connectivity index is 0.00000261. The minimum absolute atomic E-state index is 0. The highest BCUT2D eigenvalue weighted by Gasteiger charge is 2.20. The molecule has 0 amide bonds. The number of hydrogen-bond acceptors (Lipinski definition) is 5. The molecule has 1 aromatic carbocycles. The molecular weight excluding hydrogens is 473 g/mol. The Morgan fingerprint density at radius 2 is 1.93 bits per heavy atom. The number of aryl methyl sites for hydroxylation is 1. The molecule has 1 aliphatic rings. The molecule has 27 heavy (non-hydrogen) atoms. The van der Waals surface area contributed by atoms with Crippen LogP contribution in [0.1, 0.15) is 17.6 Å². The molecule has 0 aliphatic carbocycles. The Labute approximate surface area is 182 Å². The van der Waals surface area contributed by atoms with Crippen LogP contribution in [0.25, 0.3) is 0 Å². The molecule has 0 spiro atoms. The van der Waals surface area contributed by atoms with Gasteiger partial charge in [-0.2, -0.15) is 0 Å². The van der Waals surface area contributed by atoms with Gasteiger partial charge >= 0.3 is 0 Å². The topological polar surface area (TPSA) is 53.0 Å². The number of guanidine groups is 1. The lowest BCUT2D eigenvalue weighted by atomic mass is 10.2. The van der Waals surface area contributed by atoms with Crippen molar-refractivity contribution in [3.8, 4) is 5.75 Å². The molecule has 2 heterocycles. The van der Waals surface area contributed by atoms with Gasteiger partial charge in [-0.15, -0.1) is 35.3 Å². The number of ether oxygens (including phenoxy) is 1. The van der Waals surface area contributed by atoms with Gasteiger partial charge in [0, 0.05) is 44.3 Å². The van der Waals surface area contributed by atoms with E-state index in [1.807, 2.05) is 19.2 Å². The highest BCUT2D eigenvalue weighted by atomic mass is 127. The van der Waals surface area contributed by atoms with E-state index in [1.54, 1.807) is 18.4 Å². The van der Waals surface area contributed by atoms with Crippen molar-refractivity contribution in [3.63, 3.8) is 0 Å². The monoisotopic (exact) mass is 501 g/mol. The van der Waals surface area contributed by atoms with E-state index in [1.165, 1.54) is 10.7 Å². The summed E-state index contributed by atoms with van der Waals surface area (Å²) in [4.78, 5) is 13.8. The van der Waals surface area contributed by atoms with Crippen molar-refractivity contribution in [2.45, 2.75) is 19.9 Å². The molecule has 0 unspecified atom stereocenters. The van der Waals surface area contributed by atoms with Gasteiger partial charge in [0.1, 0.15) is 5.75 Å². The second-order valence-electron chi connectivity index (χ2n) is 6.16. The molecule has 1 N–H and O–H groups in total. The zero-order valence-corrected chi connectivity index (χ0v) is 19.3. The molecule has 0 bridgehead atoms. The van der Waals surface area contributed by atoms with Crippen molar-refractivity contribution < 1.29 is 4.74 Å². The number of benzene rings is 1. The minimum atomic E-state index is 0. The molecule has 1 aliphatic heterocycles. The summed E-state index contributed by atoms with van der Waals surface area (Å²) in [7, 11) is 3.54. The molecule has 148 valence electrons. The average molecular weight is 501 g/mol. The van der Waals surface area contributed by atoms with Crippen LogP contribution >= 0.6 is 35.3 Å². The minimum Gasteiger partial charge on any atom is -0.497 e. The average Bonchev–Trinajstić information content (AvgIpc) is 3.17. The fourth-order valence-electron chi connectivity index (χ4n) is 3.06. The maximum atomic E-state index is 5.24. The Morgan fingerprint density at radius 3 is 2.48 bits per heavy atom. The first-order valence-corrected chi connectivity index (χ1v) is 9.89. The van der Waals surface area contributed by atoms with E-state index in [2.05, 4.69) is 49.5 Å². The third kappa shape index (κ3) is 5.71. The van der Waals surface area contributed by atoms with Crippen LogP contribution in [0.3, 0.4) is 0 Å². The van der Waals surface area contributed by atoms with Gasteiger partial charge in [-0.25, -0.2) is 4.98 Å². The summed E-state index contributed by atoms with van der Waals surface area (Å²) in [5.74, 6) is 1.84. The number of nitrogens with zero attached hydrogens (tertiary/aromatic N) is 4. The SMILES string of the molecule is CCc1nc(CNC(=NC)N2CCN(c3ccc(OC)cc3)CC2)cs1.I. The molecule has 0 radical (unpaired) electrons. The van der Waals surface area contributed by atoms with Gasteiger partial charge in [-0.1, -0.05) is 6.92 Å². The van der Waals surface area contributed by atoms with Crippen molar-refractivity contribution in [2.24, 2.45) is 4.99 Å². The normalized spacial score (nSPS) is 14.7. The second kappa shape index (κ2) is 10.7. The van der Waals surface area contributed by atoms with Crippen LogP contribution in [0.15, 0.2) is 34.6 Å². The van der Waals surface area contributed by atoms with Gasteiger partial charge in [-0.3, -0.25) is 4.99 Å². The number of thiazole rings is 1. The zero-order valence-electron chi connectivity index (χ0n) is 16.1. The first kappa shape index (κ1) is 21.7. The van der Waals surface area contributed by atoms with Gasteiger partial charge in [0.25, 0.3) is 0 Å². The highest BCUT2D eigenvalue weighted by molar-refractivity contribution is 14.0. The number of hydrogen-bond donors (Lipinski definition) is 1. The summed E-state index contributed by atoms with van der Waals surface area (Å²) in [6.07, 6.45) is 0.993. The van der Waals surface area contributed by atoms with E-state index in [-0.39, 0.29) is 24.0 Å². The van der Waals surface area contributed by atoms with Crippen LogP contribution in [0.2, 0.25) is 0 Å². The molecule has 1 saturated heterocycles. The van der Waals surface area contributed by atoms with E-state index in [0.717, 1.165) is 56.5 Å². The second-order valence-corrected chi connectivity index (χ2v) is 7.10. The van der Waals surface area contributed by atoms with Gasteiger partial charge in [0.15, 0.2) is 5.96 Å². The summed E-state index contributed by atoms with van der Waals surface area (Å²) >= 11 is 1.72. The predicted molar refractivity (Wildman–Crippen MR) is 124 cm³/mol. The van der Waals surface area contributed by atoms with Crippen LogP contribution in [-0.4, -0.2) is 56.2 Å². The van der Waals surface area contributed by atoms with Crippen molar-refractivity contribution in [2.75, 3.05) is 45.2 Å². The van der Waals surface area contributed by atoms with E-state index in [4.69, 9.17) is 4.74 Å². The summed E-state index contributed by atoms with van der Waals surface area (Å²) in [6.45, 7) is 6.71. The van der Waals surface area contributed by atoms with Gasteiger partial charge in [-0.05, 0) is 30.7 Å². The van der Waals surface area contributed by atoms with Crippen LogP contribution in [0.4, 0.5) is 5.69 Å². The third-order valence-electron chi connectivity index (χ3n) is 4.56. The van der Waals surface area contributed by atoms with Crippen LogP contribution < -0.4 is 15.0 Å². The zero-order chi connectivity index (χ0) is 18.4. The molecule has 8 heteroatoms. The quantitative estimate of drug-likeness (QED) is 0.388. The van der Waals surface area contributed by atoms with E-state index >= 15 is 0 Å². The smallest absolute Gasteiger partial charge is 0.194 e. The van der Waals surface area contributed by atoms with E-state index in [0.29, 0.717) is 0 Å². The Morgan fingerprint density at radius 1 is 1.22 bits per heavy atom. The van der Waals surface area contributed by atoms with Crippen LogP contribution in [0, 0.1) is 0 Å². The molecule has 1 aromatic heterocycles. The molecule has 6 nitrogen and oxygen atoms in total. The Bertz CT molecular complexity index is 726. The molecule has 2 aromatic rings. The highest BCUT2D eigenvalue weighted by Crippen LogP contribution is 2.20. The van der Waals surface area contributed by atoms with Gasteiger partial charge in [0.05, 0.1) is 24.4 Å². The number of aromatic nitrogens is 1. The van der Waals surface area contributed by atoms with Gasteiger partial charge in [0.2, 0.25) is 0 Å². The summed E-state index contributed by atoms with van der Waals surface area (Å²) in [5, 5.41) is 6.76. The number of methoxy groups -OCH3 is 1. The first-order chi connectivity index (χ1) is 12.7. The lowest BCUT2D eigenvalue weighted by Gasteiger charge is -2.37. The maximum absolute atomic E-state index is 5.24. The first-order valence-electron chi connectivity index (χ1n) is 9.01. The number of piperazine rings is 1. The number of anilines is 1. The van der Waals surface area contributed by atoms with Gasteiger partial charge < -0.3 is 19.9 Å². The fourth-order valence-corrected chi connectivity index (χ4v) is 3.81. The largest absolute Gasteiger partial charge is 0.497 e.